The van der Waals surface area contributed by atoms with E-state index in [1.54, 1.807) is 23.0 Å². The first-order chi connectivity index (χ1) is 17.0. The summed E-state index contributed by atoms with van der Waals surface area (Å²) in [5, 5.41) is 8.33. The highest BCUT2D eigenvalue weighted by Gasteiger charge is 2.17. The van der Waals surface area contributed by atoms with Crippen molar-refractivity contribution in [1.29, 1.82) is 0 Å². The van der Waals surface area contributed by atoms with Gasteiger partial charge in [0, 0.05) is 17.5 Å². The van der Waals surface area contributed by atoms with Crippen molar-refractivity contribution in [2.24, 2.45) is 0 Å². The molecule has 5 nitrogen and oxygen atoms in total. The summed E-state index contributed by atoms with van der Waals surface area (Å²) in [6.07, 6.45) is 2.71. The van der Waals surface area contributed by atoms with E-state index in [-0.39, 0.29) is 11.7 Å². The highest BCUT2D eigenvalue weighted by molar-refractivity contribution is 6.07. The molecule has 3 aromatic carbocycles. The number of nitrogens with zero attached hydrogens (tertiary/aromatic N) is 3. The Morgan fingerprint density at radius 1 is 0.971 bits per heavy atom. The molecule has 6 heteroatoms. The van der Waals surface area contributed by atoms with Gasteiger partial charge in [-0.25, -0.2) is 14.1 Å². The third-order valence-corrected chi connectivity index (χ3v) is 6.20. The Balaban J connectivity index is 1.49. The second-order valence-corrected chi connectivity index (χ2v) is 8.46. The lowest BCUT2D eigenvalue weighted by Crippen LogP contribution is -2.23. The predicted molar refractivity (Wildman–Crippen MR) is 136 cm³/mol. The number of carbonyl (C=O) groups excluding carboxylic acids is 1. The van der Waals surface area contributed by atoms with E-state index >= 15 is 0 Å². The number of carbonyl (C=O) groups is 1. The van der Waals surface area contributed by atoms with Crippen LogP contribution in [0.2, 0.25) is 0 Å². The molecule has 0 aliphatic heterocycles. The third-order valence-electron chi connectivity index (χ3n) is 6.20. The first kappa shape index (κ1) is 22.5. The van der Waals surface area contributed by atoms with Gasteiger partial charge in [0.1, 0.15) is 5.82 Å². The van der Waals surface area contributed by atoms with Crippen LogP contribution in [0.3, 0.4) is 0 Å². The first-order valence-corrected chi connectivity index (χ1v) is 11.6. The van der Waals surface area contributed by atoms with Crippen LogP contribution in [0, 0.1) is 12.7 Å². The van der Waals surface area contributed by atoms with E-state index in [4.69, 9.17) is 4.98 Å². The number of fused-ring (bicyclic) bond motifs is 1. The number of rotatable bonds is 6. The number of pyridine rings is 1. The molecule has 5 rings (SSSR count). The number of aryl methyl sites for hydroxylation is 1. The van der Waals surface area contributed by atoms with Gasteiger partial charge in [0.15, 0.2) is 0 Å². The van der Waals surface area contributed by atoms with E-state index in [9.17, 15) is 9.18 Å². The molecule has 2 aromatic heterocycles. The Labute approximate surface area is 203 Å². The molecule has 174 valence electrons. The fourth-order valence-electron chi connectivity index (χ4n) is 4.18. The number of halogens is 1. The van der Waals surface area contributed by atoms with Gasteiger partial charge in [0.25, 0.3) is 5.91 Å². The number of hydrogen-bond donors (Lipinski definition) is 1. The number of hydrogen-bond acceptors (Lipinski definition) is 3. The van der Waals surface area contributed by atoms with Crippen molar-refractivity contribution in [3.8, 4) is 16.9 Å². The van der Waals surface area contributed by atoms with Gasteiger partial charge in [-0.3, -0.25) is 4.79 Å². The molecular formula is C29H25FN4O. The number of para-hydroxylation sites is 1. The largest absolute Gasteiger partial charge is 0.348 e. The molecule has 1 N–H and O–H groups in total. The second kappa shape index (κ2) is 9.50. The average Bonchev–Trinajstić information content (AvgIpc) is 3.28. The van der Waals surface area contributed by atoms with Crippen LogP contribution in [-0.2, 0) is 13.0 Å². The van der Waals surface area contributed by atoms with E-state index in [0.29, 0.717) is 17.8 Å². The lowest BCUT2D eigenvalue weighted by Gasteiger charge is -2.11. The predicted octanol–water partition coefficient (Wildman–Crippen LogP) is 6.03. The molecule has 2 heterocycles. The zero-order chi connectivity index (χ0) is 24.4. The van der Waals surface area contributed by atoms with E-state index in [1.165, 1.54) is 17.7 Å². The summed E-state index contributed by atoms with van der Waals surface area (Å²) >= 11 is 0. The third kappa shape index (κ3) is 4.55. The lowest BCUT2D eigenvalue weighted by molar-refractivity contribution is 0.0952. The van der Waals surface area contributed by atoms with Crippen molar-refractivity contribution in [1.82, 2.24) is 20.1 Å². The summed E-state index contributed by atoms with van der Waals surface area (Å²) in [5.41, 5.74) is 6.68. The summed E-state index contributed by atoms with van der Waals surface area (Å²) in [7, 11) is 0. The first-order valence-electron chi connectivity index (χ1n) is 11.6. The molecule has 5 aromatic rings. The van der Waals surface area contributed by atoms with Crippen LogP contribution in [0.15, 0.2) is 85.1 Å². The second-order valence-electron chi connectivity index (χ2n) is 8.46. The topological polar surface area (TPSA) is 59.8 Å². The Bertz CT molecular complexity index is 1500. The van der Waals surface area contributed by atoms with Crippen LogP contribution in [0.25, 0.3) is 27.8 Å². The van der Waals surface area contributed by atoms with Crippen LogP contribution >= 0.6 is 0 Å². The van der Waals surface area contributed by atoms with Gasteiger partial charge < -0.3 is 5.32 Å². The molecule has 0 spiro atoms. The van der Waals surface area contributed by atoms with E-state index < -0.39 is 0 Å². The normalized spacial score (nSPS) is 11.1. The van der Waals surface area contributed by atoms with Crippen LogP contribution in [0.4, 0.5) is 4.39 Å². The summed E-state index contributed by atoms with van der Waals surface area (Å²) in [6, 6.07) is 23.9. The van der Waals surface area contributed by atoms with Crippen molar-refractivity contribution in [2.75, 3.05) is 0 Å². The van der Waals surface area contributed by atoms with Gasteiger partial charge in [-0.2, -0.15) is 5.10 Å². The molecule has 0 radical (unpaired) electrons. The Morgan fingerprint density at radius 2 is 1.69 bits per heavy atom. The molecule has 0 bridgehead atoms. The summed E-state index contributed by atoms with van der Waals surface area (Å²) in [5.74, 6) is -0.458. The zero-order valence-corrected chi connectivity index (χ0v) is 19.6. The van der Waals surface area contributed by atoms with Crippen LogP contribution in [0.5, 0.6) is 0 Å². The van der Waals surface area contributed by atoms with Gasteiger partial charge in [-0.1, -0.05) is 49.4 Å². The monoisotopic (exact) mass is 464 g/mol. The van der Waals surface area contributed by atoms with E-state index in [1.807, 2.05) is 49.4 Å². The Kier molecular flexibility index (Phi) is 6.10. The molecule has 0 saturated heterocycles. The number of amides is 1. The number of nitrogens with one attached hydrogen (secondary N) is 1. The van der Waals surface area contributed by atoms with Crippen LogP contribution < -0.4 is 5.32 Å². The summed E-state index contributed by atoms with van der Waals surface area (Å²) in [4.78, 5) is 18.1. The van der Waals surface area contributed by atoms with Gasteiger partial charge in [0.2, 0.25) is 0 Å². The highest BCUT2D eigenvalue weighted by Crippen LogP contribution is 2.28. The van der Waals surface area contributed by atoms with Crippen molar-refractivity contribution in [2.45, 2.75) is 26.8 Å². The van der Waals surface area contributed by atoms with Crippen molar-refractivity contribution < 1.29 is 9.18 Å². The molecule has 0 aliphatic rings. The quantitative estimate of drug-likeness (QED) is 0.334. The molecule has 35 heavy (non-hydrogen) atoms. The molecule has 1 amide bonds. The minimum atomic E-state index is -0.299. The minimum absolute atomic E-state index is 0.159. The fourth-order valence-corrected chi connectivity index (χ4v) is 4.18. The number of aromatic nitrogens is 3. The highest BCUT2D eigenvalue weighted by atomic mass is 19.1. The fraction of sp³-hybridized carbons (Fsp3) is 0.138. The molecule has 0 fully saturated rings. The molecule has 0 atom stereocenters. The minimum Gasteiger partial charge on any atom is -0.348 e. The maximum absolute atomic E-state index is 13.4. The van der Waals surface area contributed by atoms with Crippen molar-refractivity contribution in [3.05, 3.63) is 113 Å². The summed E-state index contributed by atoms with van der Waals surface area (Å²) in [6.45, 7) is 4.49. The van der Waals surface area contributed by atoms with E-state index in [0.717, 1.165) is 39.8 Å². The average molecular weight is 465 g/mol. The van der Waals surface area contributed by atoms with Crippen molar-refractivity contribution >= 4 is 16.8 Å². The Morgan fingerprint density at radius 3 is 2.43 bits per heavy atom. The van der Waals surface area contributed by atoms with Gasteiger partial charge in [0.05, 0.1) is 34.4 Å². The summed E-state index contributed by atoms with van der Waals surface area (Å²) < 4.78 is 15.1. The van der Waals surface area contributed by atoms with Crippen LogP contribution in [0.1, 0.15) is 34.1 Å². The maximum Gasteiger partial charge on any atom is 0.252 e. The van der Waals surface area contributed by atoms with Gasteiger partial charge in [-0.05, 0) is 60.9 Å². The number of benzene rings is 3. The standard InChI is InChI=1S/C29H25FN4O/c1-3-20-8-10-21(11-9-20)17-31-29(35)25-16-28(33-27-7-5-4-6-24(25)27)26-18-32-34(19(26)2)23-14-12-22(30)13-15-23/h4-16,18H,3,17H2,1-2H3,(H,31,35). The molecule has 0 unspecified atom stereocenters. The van der Waals surface area contributed by atoms with E-state index in [2.05, 4.69) is 29.5 Å². The smallest absolute Gasteiger partial charge is 0.252 e. The SMILES string of the molecule is CCc1ccc(CNC(=O)c2cc(-c3cnn(-c4ccc(F)cc4)c3C)nc3ccccc23)cc1. The Hall–Kier alpha value is -4.32. The maximum atomic E-state index is 13.4. The molecule has 0 saturated carbocycles. The molecular weight excluding hydrogens is 439 g/mol. The van der Waals surface area contributed by atoms with Crippen LogP contribution in [-0.4, -0.2) is 20.7 Å². The van der Waals surface area contributed by atoms with Gasteiger partial charge in [-0.15, -0.1) is 0 Å². The lowest BCUT2D eigenvalue weighted by atomic mass is 10.0. The zero-order valence-electron chi connectivity index (χ0n) is 19.6. The molecule has 0 aliphatic carbocycles. The van der Waals surface area contributed by atoms with Gasteiger partial charge >= 0.3 is 0 Å². The van der Waals surface area contributed by atoms with Crippen molar-refractivity contribution in [3.63, 3.8) is 0 Å².